The molecule has 3 rings (SSSR count). The number of rotatable bonds is 3. The number of aryl methyl sites for hydroxylation is 2. The molecule has 2 aliphatic rings. The molecule has 2 heterocycles. The van der Waals surface area contributed by atoms with Gasteiger partial charge in [-0.25, -0.2) is 0 Å². The molecule has 0 radical (unpaired) electrons. The molecule has 0 saturated carbocycles. The second-order valence-electron chi connectivity index (χ2n) is 7.69. The molecule has 0 atom stereocenters. The van der Waals surface area contributed by atoms with E-state index in [4.69, 9.17) is 20.9 Å². The highest BCUT2D eigenvalue weighted by molar-refractivity contribution is 6.64. The van der Waals surface area contributed by atoms with E-state index in [0.717, 1.165) is 16.3 Å². The summed E-state index contributed by atoms with van der Waals surface area (Å²) in [6.45, 7) is 9.86. The van der Waals surface area contributed by atoms with E-state index in [1.54, 1.807) is 23.9 Å². The molecular formula is C18H24BClN2O3. The Bertz CT molecular complexity index is 776. The zero-order valence-corrected chi connectivity index (χ0v) is 16.4. The lowest BCUT2D eigenvalue weighted by molar-refractivity contribution is 0.00578. The van der Waals surface area contributed by atoms with Crippen LogP contribution in [0.25, 0.3) is 0 Å². The predicted molar refractivity (Wildman–Crippen MR) is 99.2 cm³/mol. The van der Waals surface area contributed by atoms with Gasteiger partial charge in [0.05, 0.1) is 16.9 Å². The van der Waals surface area contributed by atoms with Gasteiger partial charge in [-0.15, -0.1) is 0 Å². The van der Waals surface area contributed by atoms with Crippen LogP contribution in [0.3, 0.4) is 0 Å². The van der Waals surface area contributed by atoms with Crippen molar-refractivity contribution < 1.29 is 14.1 Å². The van der Waals surface area contributed by atoms with E-state index < -0.39 is 18.3 Å². The van der Waals surface area contributed by atoms with Crippen molar-refractivity contribution in [3.05, 3.63) is 34.1 Å². The Morgan fingerprint density at radius 2 is 1.80 bits per heavy atom. The van der Waals surface area contributed by atoms with E-state index in [1.165, 1.54) is 0 Å². The SMILES string of the molecule is Cc1nn(C)c(C(=O)C2=CC=C(Cl)CC2)c1B1OC(C)(C)C(C)(C)O1. The number of nitrogens with zero attached hydrogens (tertiary/aromatic N) is 2. The van der Waals surface area contributed by atoms with Gasteiger partial charge in [0, 0.05) is 23.1 Å². The lowest BCUT2D eigenvalue weighted by Crippen LogP contribution is -2.41. The Hall–Kier alpha value is -1.37. The molecule has 134 valence electrons. The Balaban J connectivity index is 2.02. The second kappa shape index (κ2) is 6.11. The fraction of sp³-hybridized carbons (Fsp3) is 0.556. The van der Waals surface area contributed by atoms with E-state index in [9.17, 15) is 4.79 Å². The molecule has 0 amide bonds. The maximum Gasteiger partial charge on any atom is 0.499 e. The summed E-state index contributed by atoms with van der Waals surface area (Å²) in [4.78, 5) is 13.1. The standard InChI is InChI=1S/C18H24BClN2O3/c1-11-14(19-24-17(2,3)18(4,5)25-19)15(22(6)21-11)16(23)12-7-9-13(20)10-8-12/h7,9H,8,10H2,1-6H3. The summed E-state index contributed by atoms with van der Waals surface area (Å²) in [6.07, 6.45) is 4.89. The zero-order chi connectivity index (χ0) is 18.6. The summed E-state index contributed by atoms with van der Waals surface area (Å²) in [5.41, 5.74) is 1.77. The third-order valence-electron chi connectivity index (χ3n) is 5.36. The number of ketones is 1. The van der Waals surface area contributed by atoms with Crippen molar-refractivity contribution in [2.24, 2.45) is 7.05 Å². The van der Waals surface area contributed by atoms with Gasteiger partial charge in [0.1, 0.15) is 5.69 Å². The van der Waals surface area contributed by atoms with E-state index in [-0.39, 0.29) is 5.78 Å². The quantitative estimate of drug-likeness (QED) is 0.612. The van der Waals surface area contributed by atoms with Crippen LogP contribution < -0.4 is 5.46 Å². The molecule has 1 aromatic heterocycles. The molecule has 0 bridgehead atoms. The van der Waals surface area contributed by atoms with Crippen LogP contribution in [0, 0.1) is 6.92 Å². The Morgan fingerprint density at radius 3 is 2.32 bits per heavy atom. The third-order valence-corrected chi connectivity index (χ3v) is 5.68. The number of Topliss-reactive ketones (excluding diaryl/α,β-unsaturated/α-hetero) is 1. The molecule has 0 spiro atoms. The minimum atomic E-state index is -0.610. The van der Waals surface area contributed by atoms with Crippen molar-refractivity contribution in [3.8, 4) is 0 Å². The average molecular weight is 363 g/mol. The van der Waals surface area contributed by atoms with Gasteiger partial charge in [-0.3, -0.25) is 9.48 Å². The highest BCUT2D eigenvalue weighted by Crippen LogP contribution is 2.37. The van der Waals surface area contributed by atoms with Crippen LogP contribution in [0.2, 0.25) is 0 Å². The summed E-state index contributed by atoms with van der Waals surface area (Å²) >= 11 is 6.01. The summed E-state index contributed by atoms with van der Waals surface area (Å²) in [6, 6.07) is 0. The van der Waals surface area contributed by atoms with Gasteiger partial charge in [-0.1, -0.05) is 17.7 Å². The summed E-state index contributed by atoms with van der Waals surface area (Å²) in [5, 5.41) is 5.22. The van der Waals surface area contributed by atoms with Crippen molar-refractivity contribution in [1.82, 2.24) is 9.78 Å². The van der Waals surface area contributed by atoms with E-state index in [1.807, 2.05) is 34.6 Å². The molecule has 1 fully saturated rings. The lowest BCUT2D eigenvalue weighted by atomic mass is 9.75. The van der Waals surface area contributed by atoms with Crippen LogP contribution in [0.1, 0.15) is 56.7 Å². The molecule has 0 unspecified atom stereocenters. The smallest absolute Gasteiger partial charge is 0.399 e. The van der Waals surface area contributed by atoms with Crippen molar-refractivity contribution >= 4 is 30.0 Å². The summed E-state index contributed by atoms with van der Waals surface area (Å²) in [7, 11) is 1.17. The van der Waals surface area contributed by atoms with Gasteiger partial charge in [-0.05, 0) is 53.5 Å². The molecule has 1 aliphatic carbocycles. The largest absolute Gasteiger partial charge is 0.499 e. The van der Waals surface area contributed by atoms with Gasteiger partial charge in [0.2, 0.25) is 5.78 Å². The number of carbonyl (C=O) groups excluding carboxylic acids is 1. The number of aromatic nitrogens is 2. The zero-order valence-electron chi connectivity index (χ0n) is 15.6. The van der Waals surface area contributed by atoms with Gasteiger partial charge in [0.25, 0.3) is 0 Å². The Labute approximate surface area is 154 Å². The van der Waals surface area contributed by atoms with Crippen LogP contribution in [0.15, 0.2) is 22.8 Å². The fourth-order valence-electron chi connectivity index (χ4n) is 3.14. The van der Waals surface area contributed by atoms with Crippen LogP contribution in [0.5, 0.6) is 0 Å². The van der Waals surface area contributed by atoms with Crippen molar-refractivity contribution in [1.29, 1.82) is 0 Å². The molecule has 1 saturated heterocycles. The first-order valence-electron chi connectivity index (χ1n) is 8.52. The fourth-order valence-corrected chi connectivity index (χ4v) is 3.30. The first-order chi connectivity index (χ1) is 11.5. The minimum Gasteiger partial charge on any atom is -0.399 e. The van der Waals surface area contributed by atoms with Gasteiger partial charge < -0.3 is 9.31 Å². The van der Waals surface area contributed by atoms with Gasteiger partial charge >= 0.3 is 7.12 Å². The highest BCUT2D eigenvalue weighted by Gasteiger charge is 2.53. The number of allylic oxidation sites excluding steroid dienone is 4. The average Bonchev–Trinajstić information content (AvgIpc) is 2.91. The summed E-state index contributed by atoms with van der Waals surface area (Å²) in [5.74, 6) is -0.0479. The predicted octanol–water partition coefficient (Wildman–Crippen LogP) is 3.05. The lowest BCUT2D eigenvalue weighted by Gasteiger charge is -2.32. The van der Waals surface area contributed by atoms with E-state index in [2.05, 4.69) is 5.10 Å². The van der Waals surface area contributed by atoms with Crippen LogP contribution >= 0.6 is 11.6 Å². The number of hydrogen-bond donors (Lipinski definition) is 0. The molecule has 1 aliphatic heterocycles. The van der Waals surface area contributed by atoms with E-state index in [0.29, 0.717) is 24.0 Å². The molecule has 25 heavy (non-hydrogen) atoms. The first-order valence-corrected chi connectivity index (χ1v) is 8.90. The molecule has 7 heteroatoms. The van der Waals surface area contributed by atoms with Crippen molar-refractivity contribution in [3.63, 3.8) is 0 Å². The molecular weight excluding hydrogens is 338 g/mol. The molecule has 1 aromatic rings. The van der Waals surface area contributed by atoms with Crippen LogP contribution in [0.4, 0.5) is 0 Å². The van der Waals surface area contributed by atoms with Crippen LogP contribution in [-0.2, 0) is 16.4 Å². The minimum absolute atomic E-state index is 0.0479. The Morgan fingerprint density at radius 1 is 1.20 bits per heavy atom. The first kappa shape index (κ1) is 18.4. The van der Waals surface area contributed by atoms with Crippen molar-refractivity contribution in [2.45, 2.75) is 58.7 Å². The topological polar surface area (TPSA) is 53.4 Å². The third kappa shape index (κ3) is 3.11. The number of halogens is 1. The maximum atomic E-state index is 13.1. The van der Waals surface area contributed by atoms with E-state index >= 15 is 0 Å². The van der Waals surface area contributed by atoms with Gasteiger partial charge in [-0.2, -0.15) is 5.10 Å². The molecule has 0 aromatic carbocycles. The van der Waals surface area contributed by atoms with Crippen molar-refractivity contribution in [2.75, 3.05) is 0 Å². The number of hydrogen-bond acceptors (Lipinski definition) is 4. The van der Waals surface area contributed by atoms with Gasteiger partial charge in [0.15, 0.2) is 0 Å². The van der Waals surface area contributed by atoms with Crippen LogP contribution in [-0.4, -0.2) is 33.9 Å². The maximum absolute atomic E-state index is 13.1. The number of carbonyl (C=O) groups is 1. The normalized spacial score (nSPS) is 22.0. The monoisotopic (exact) mass is 362 g/mol. The molecule has 5 nitrogen and oxygen atoms in total. The Kier molecular flexibility index (Phi) is 4.50. The summed E-state index contributed by atoms with van der Waals surface area (Å²) < 4.78 is 13.9. The highest BCUT2D eigenvalue weighted by atomic mass is 35.5. The second-order valence-corrected chi connectivity index (χ2v) is 8.18. The molecule has 0 N–H and O–H groups in total.